The maximum Gasteiger partial charge on any atom is 0.260 e. The second-order valence-corrected chi connectivity index (χ2v) is 3.54. The summed E-state index contributed by atoms with van der Waals surface area (Å²) in [6, 6.07) is 0. The first kappa shape index (κ1) is 10.7. The van der Waals surface area contributed by atoms with Crippen molar-refractivity contribution in [3.63, 3.8) is 0 Å². The van der Waals surface area contributed by atoms with Gasteiger partial charge in [-0.2, -0.15) is 4.98 Å². The molecular formula is C11H16N4O. The summed E-state index contributed by atoms with van der Waals surface area (Å²) in [6.07, 6.45) is 7.64. The molecule has 86 valence electrons. The van der Waals surface area contributed by atoms with E-state index in [9.17, 15) is 0 Å². The summed E-state index contributed by atoms with van der Waals surface area (Å²) < 4.78 is 7.53. The van der Waals surface area contributed by atoms with Crippen molar-refractivity contribution in [1.29, 1.82) is 0 Å². The van der Waals surface area contributed by atoms with E-state index in [1.165, 1.54) is 0 Å². The van der Waals surface area contributed by atoms with Crippen LogP contribution in [0.5, 0.6) is 5.88 Å². The van der Waals surface area contributed by atoms with E-state index in [-0.39, 0.29) is 0 Å². The third-order valence-electron chi connectivity index (χ3n) is 2.34. The summed E-state index contributed by atoms with van der Waals surface area (Å²) in [4.78, 5) is 8.57. The fraction of sp³-hybridized carbons (Fsp3) is 0.455. The lowest BCUT2D eigenvalue weighted by Crippen LogP contribution is -2.04. The zero-order valence-electron chi connectivity index (χ0n) is 9.60. The molecule has 0 aliphatic carbocycles. The molecule has 16 heavy (non-hydrogen) atoms. The number of imidazole rings is 1. The van der Waals surface area contributed by atoms with Crippen molar-refractivity contribution in [1.82, 2.24) is 14.4 Å². The molecule has 0 atom stereocenters. The van der Waals surface area contributed by atoms with Crippen molar-refractivity contribution in [2.45, 2.75) is 19.8 Å². The Labute approximate surface area is 94.5 Å². The molecule has 2 rings (SSSR count). The largest absolute Gasteiger partial charge is 0.475 e. The zero-order valence-corrected chi connectivity index (χ0v) is 9.60. The molecule has 0 saturated carbocycles. The van der Waals surface area contributed by atoms with Crippen LogP contribution in [0.25, 0.3) is 5.65 Å². The lowest BCUT2D eigenvalue weighted by Gasteiger charge is -2.08. The normalized spacial score (nSPS) is 10.6. The van der Waals surface area contributed by atoms with Crippen LogP contribution in [0.3, 0.4) is 0 Å². The molecule has 0 aliphatic heterocycles. The van der Waals surface area contributed by atoms with Gasteiger partial charge in [-0.3, -0.25) is 4.40 Å². The van der Waals surface area contributed by atoms with Crippen molar-refractivity contribution in [2.24, 2.45) is 0 Å². The molecule has 0 amide bonds. The Hall–Kier alpha value is -1.78. The predicted molar refractivity (Wildman–Crippen MR) is 62.9 cm³/mol. The molecule has 0 saturated heterocycles. The molecule has 2 heterocycles. The summed E-state index contributed by atoms with van der Waals surface area (Å²) in [5.74, 6) is 1.36. The average Bonchev–Trinajstić information content (AvgIpc) is 2.77. The Morgan fingerprint density at radius 1 is 1.50 bits per heavy atom. The molecule has 5 nitrogen and oxygen atoms in total. The van der Waals surface area contributed by atoms with Gasteiger partial charge < -0.3 is 10.1 Å². The molecule has 0 radical (unpaired) electrons. The van der Waals surface area contributed by atoms with Gasteiger partial charge in [0.2, 0.25) is 5.65 Å². The van der Waals surface area contributed by atoms with Crippen molar-refractivity contribution in [2.75, 3.05) is 19.0 Å². The number of nitrogens with zero attached hydrogens (tertiary/aromatic N) is 3. The van der Waals surface area contributed by atoms with Gasteiger partial charge in [-0.05, 0) is 6.42 Å². The Balaban J connectivity index is 2.29. The first-order chi connectivity index (χ1) is 7.85. The van der Waals surface area contributed by atoms with Crippen LogP contribution in [-0.4, -0.2) is 28.0 Å². The van der Waals surface area contributed by atoms with E-state index < -0.39 is 0 Å². The molecule has 0 unspecified atom stereocenters. The molecule has 2 aromatic rings. The standard InChI is InChI=1S/C11H16N4O/c1-3-4-7-16-11-10-13-5-6-15(10)8-9(12-2)14-11/h5-6,8,12H,3-4,7H2,1-2H3. The number of nitrogens with one attached hydrogen (secondary N) is 1. The average molecular weight is 220 g/mol. The minimum absolute atomic E-state index is 0.588. The number of hydrogen-bond acceptors (Lipinski definition) is 4. The smallest absolute Gasteiger partial charge is 0.260 e. The van der Waals surface area contributed by atoms with Crippen molar-refractivity contribution >= 4 is 11.5 Å². The van der Waals surface area contributed by atoms with Crippen LogP contribution in [0.4, 0.5) is 5.82 Å². The fourth-order valence-electron chi connectivity index (χ4n) is 1.43. The molecule has 0 fully saturated rings. The van der Waals surface area contributed by atoms with E-state index >= 15 is 0 Å². The highest BCUT2D eigenvalue weighted by atomic mass is 16.5. The summed E-state index contributed by atoms with van der Waals surface area (Å²) in [6.45, 7) is 2.81. The number of unbranched alkanes of at least 4 members (excludes halogenated alkanes) is 1. The molecule has 2 aromatic heterocycles. The van der Waals surface area contributed by atoms with Crippen LogP contribution in [0.15, 0.2) is 18.6 Å². The van der Waals surface area contributed by atoms with E-state index in [4.69, 9.17) is 4.74 Å². The summed E-state index contributed by atoms with van der Waals surface area (Å²) >= 11 is 0. The number of aromatic nitrogens is 3. The molecular weight excluding hydrogens is 204 g/mol. The first-order valence-corrected chi connectivity index (χ1v) is 5.49. The highest BCUT2D eigenvalue weighted by Gasteiger charge is 2.07. The van der Waals surface area contributed by atoms with Gasteiger partial charge in [-0.1, -0.05) is 13.3 Å². The Bertz CT molecular complexity index is 466. The van der Waals surface area contributed by atoms with Gasteiger partial charge in [0.15, 0.2) is 0 Å². The minimum Gasteiger partial charge on any atom is -0.475 e. The molecule has 0 aliphatic rings. The third-order valence-corrected chi connectivity index (χ3v) is 2.34. The molecule has 1 N–H and O–H groups in total. The molecule has 0 aromatic carbocycles. The van der Waals surface area contributed by atoms with Crippen LogP contribution >= 0.6 is 0 Å². The molecule has 0 bridgehead atoms. The lowest BCUT2D eigenvalue weighted by atomic mass is 10.4. The Morgan fingerprint density at radius 3 is 3.12 bits per heavy atom. The Kier molecular flexibility index (Phi) is 3.24. The van der Waals surface area contributed by atoms with E-state index in [0.717, 1.165) is 24.3 Å². The minimum atomic E-state index is 0.588. The van der Waals surface area contributed by atoms with Gasteiger partial charge in [-0.25, -0.2) is 4.98 Å². The summed E-state index contributed by atoms with van der Waals surface area (Å²) in [5.41, 5.74) is 0.759. The summed E-state index contributed by atoms with van der Waals surface area (Å²) in [7, 11) is 1.83. The van der Waals surface area contributed by atoms with Crippen molar-refractivity contribution in [3.05, 3.63) is 18.6 Å². The van der Waals surface area contributed by atoms with E-state index in [2.05, 4.69) is 22.2 Å². The second kappa shape index (κ2) is 4.83. The summed E-state index contributed by atoms with van der Waals surface area (Å²) in [5, 5.41) is 3.00. The highest BCUT2D eigenvalue weighted by Crippen LogP contribution is 2.18. The van der Waals surface area contributed by atoms with Crippen LogP contribution in [0.1, 0.15) is 19.8 Å². The van der Waals surface area contributed by atoms with Gasteiger partial charge in [0.1, 0.15) is 5.82 Å². The van der Waals surface area contributed by atoms with Gasteiger partial charge in [0, 0.05) is 19.4 Å². The van der Waals surface area contributed by atoms with Gasteiger partial charge >= 0.3 is 0 Å². The predicted octanol–water partition coefficient (Wildman–Crippen LogP) is 1.95. The van der Waals surface area contributed by atoms with E-state index in [1.54, 1.807) is 6.20 Å². The van der Waals surface area contributed by atoms with Crippen LogP contribution in [0, 0.1) is 0 Å². The monoisotopic (exact) mass is 220 g/mol. The van der Waals surface area contributed by atoms with Crippen molar-refractivity contribution in [3.8, 4) is 5.88 Å². The maximum absolute atomic E-state index is 5.63. The molecule has 0 spiro atoms. The highest BCUT2D eigenvalue weighted by molar-refractivity contribution is 5.53. The SMILES string of the molecule is CCCCOc1nc(NC)cn2ccnc12. The third kappa shape index (κ3) is 2.08. The Morgan fingerprint density at radius 2 is 2.38 bits per heavy atom. The van der Waals surface area contributed by atoms with Crippen LogP contribution in [0.2, 0.25) is 0 Å². The zero-order chi connectivity index (χ0) is 11.4. The van der Waals surface area contributed by atoms with Crippen molar-refractivity contribution < 1.29 is 4.74 Å². The lowest BCUT2D eigenvalue weighted by molar-refractivity contribution is 0.300. The first-order valence-electron chi connectivity index (χ1n) is 5.49. The van der Waals surface area contributed by atoms with Gasteiger partial charge in [0.25, 0.3) is 5.88 Å². The van der Waals surface area contributed by atoms with Crippen LogP contribution < -0.4 is 10.1 Å². The molecule has 5 heteroatoms. The van der Waals surface area contributed by atoms with E-state index in [1.807, 2.05) is 23.8 Å². The number of ether oxygens (including phenoxy) is 1. The number of hydrogen-bond donors (Lipinski definition) is 1. The van der Waals surface area contributed by atoms with Gasteiger partial charge in [0.05, 0.1) is 12.8 Å². The quantitative estimate of drug-likeness (QED) is 0.782. The number of anilines is 1. The van der Waals surface area contributed by atoms with Gasteiger partial charge in [-0.15, -0.1) is 0 Å². The fourth-order valence-corrected chi connectivity index (χ4v) is 1.43. The number of fused-ring (bicyclic) bond motifs is 1. The second-order valence-electron chi connectivity index (χ2n) is 3.54. The van der Waals surface area contributed by atoms with Crippen LogP contribution in [-0.2, 0) is 0 Å². The topological polar surface area (TPSA) is 51.5 Å². The number of rotatable bonds is 5. The maximum atomic E-state index is 5.63. The van der Waals surface area contributed by atoms with E-state index in [0.29, 0.717) is 12.5 Å².